The number of rotatable bonds is 7. The van der Waals surface area contributed by atoms with E-state index in [-0.39, 0.29) is 41.1 Å². The molecule has 26 heavy (non-hydrogen) atoms. The molecule has 1 N–H and O–H groups in total. The van der Waals surface area contributed by atoms with Gasteiger partial charge < -0.3 is 9.57 Å². The smallest absolute Gasteiger partial charge is 0.393 e. The Morgan fingerprint density at radius 3 is 2.77 bits per heavy atom. The second-order valence-electron chi connectivity index (χ2n) is 5.56. The van der Waals surface area contributed by atoms with Gasteiger partial charge in [-0.3, -0.25) is 4.72 Å². The van der Waals surface area contributed by atoms with Crippen molar-refractivity contribution < 1.29 is 31.2 Å². The molecular weight excluding hydrogens is 397 g/mol. The predicted molar refractivity (Wildman–Crippen MR) is 91.8 cm³/mol. The minimum Gasteiger partial charge on any atom is -0.393 e. The predicted octanol–water partition coefficient (Wildman–Crippen LogP) is 3.91. The molecule has 0 spiro atoms. The molecule has 0 bridgehead atoms. The highest BCUT2D eigenvalue weighted by molar-refractivity contribution is 7.93. The van der Waals surface area contributed by atoms with E-state index in [4.69, 9.17) is 21.2 Å². The van der Waals surface area contributed by atoms with Crippen molar-refractivity contribution in [1.82, 2.24) is 0 Å². The molecule has 1 aromatic carbocycles. The van der Waals surface area contributed by atoms with E-state index in [0.29, 0.717) is 6.61 Å². The third-order valence-electron chi connectivity index (χ3n) is 3.64. The number of hydrogen-bond acceptors (Lipinski definition) is 5. The lowest BCUT2D eigenvalue weighted by molar-refractivity contribution is -0.0429. The highest BCUT2D eigenvalue weighted by Gasteiger charge is 2.46. The Morgan fingerprint density at radius 1 is 1.46 bits per heavy atom. The van der Waals surface area contributed by atoms with Gasteiger partial charge in [0, 0.05) is 17.2 Å². The summed E-state index contributed by atoms with van der Waals surface area (Å²) >= 11 is 5.90. The third-order valence-corrected chi connectivity index (χ3v) is 4.97. The first-order valence-corrected chi connectivity index (χ1v) is 9.69. The van der Waals surface area contributed by atoms with Gasteiger partial charge in [-0.05, 0) is 37.5 Å². The summed E-state index contributed by atoms with van der Waals surface area (Å²) in [5.41, 5.74) is -5.36. The molecular formula is C15H18ClF3N2O4S. The maximum absolute atomic E-state index is 12.6. The topological polar surface area (TPSA) is 77.0 Å². The van der Waals surface area contributed by atoms with Crippen LogP contribution in [0.15, 0.2) is 23.4 Å². The lowest BCUT2D eigenvalue weighted by atomic mass is 10.1. The van der Waals surface area contributed by atoms with E-state index >= 15 is 0 Å². The third kappa shape index (κ3) is 5.24. The Kier molecular flexibility index (Phi) is 6.75. The molecule has 11 heteroatoms. The molecule has 0 radical (unpaired) electrons. The van der Waals surface area contributed by atoms with Gasteiger partial charge in [0.1, 0.15) is 6.61 Å². The number of oxime groups is 1. The van der Waals surface area contributed by atoms with Gasteiger partial charge in [-0.1, -0.05) is 23.7 Å². The van der Waals surface area contributed by atoms with Crippen molar-refractivity contribution in [3.63, 3.8) is 0 Å². The summed E-state index contributed by atoms with van der Waals surface area (Å²) in [4.78, 5) is 5.24. The zero-order valence-corrected chi connectivity index (χ0v) is 15.4. The van der Waals surface area contributed by atoms with Gasteiger partial charge in [-0.2, -0.15) is 21.6 Å². The highest BCUT2D eigenvalue weighted by Crippen LogP contribution is 2.29. The van der Waals surface area contributed by atoms with Crippen LogP contribution < -0.4 is 4.72 Å². The Balaban J connectivity index is 2.26. The summed E-state index contributed by atoms with van der Waals surface area (Å²) in [5.74, 6) is 0. The monoisotopic (exact) mass is 414 g/mol. The second-order valence-corrected chi connectivity index (χ2v) is 7.67. The lowest BCUT2D eigenvalue weighted by Gasteiger charge is -2.15. The van der Waals surface area contributed by atoms with Crippen LogP contribution in [0.4, 0.5) is 18.9 Å². The van der Waals surface area contributed by atoms with Crippen molar-refractivity contribution in [2.45, 2.75) is 37.8 Å². The minimum atomic E-state index is -5.57. The summed E-state index contributed by atoms with van der Waals surface area (Å²) in [7, 11) is -5.57. The fraction of sp³-hybridized carbons (Fsp3) is 0.533. The van der Waals surface area contributed by atoms with Gasteiger partial charge in [-0.25, -0.2) is 0 Å². The van der Waals surface area contributed by atoms with Crippen molar-refractivity contribution in [3.05, 3.63) is 28.8 Å². The fourth-order valence-electron chi connectivity index (χ4n) is 2.33. The number of anilines is 1. The van der Waals surface area contributed by atoms with Crippen molar-refractivity contribution in [2.75, 3.05) is 17.9 Å². The fourth-order valence-corrected chi connectivity index (χ4v) is 3.08. The van der Waals surface area contributed by atoms with E-state index < -0.39 is 15.5 Å². The van der Waals surface area contributed by atoms with Crippen molar-refractivity contribution in [1.29, 1.82) is 0 Å². The standard InChI is InChI=1S/C15H18ClF3N2O4S/c1-2-13(20-25-9-11-4-3-7-24-11)12-8-10(16)5-6-14(12)21-26(22,23)15(17,18)19/h5-6,8,11,21H,2-4,7,9H2,1H3/b20-13+. The second kappa shape index (κ2) is 8.45. The van der Waals surface area contributed by atoms with Crippen LogP contribution in [0.2, 0.25) is 5.02 Å². The number of sulfonamides is 1. The van der Waals surface area contributed by atoms with Crippen LogP contribution in [0.3, 0.4) is 0 Å². The Hall–Kier alpha value is -1.52. The molecule has 0 saturated carbocycles. The van der Waals surface area contributed by atoms with Crippen LogP contribution in [0.5, 0.6) is 0 Å². The van der Waals surface area contributed by atoms with E-state index in [9.17, 15) is 21.6 Å². The number of nitrogens with one attached hydrogen (secondary N) is 1. The molecule has 0 aromatic heterocycles. The zero-order chi connectivity index (χ0) is 19.4. The van der Waals surface area contributed by atoms with Crippen molar-refractivity contribution in [3.8, 4) is 0 Å². The zero-order valence-electron chi connectivity index (χ0n) is 13.8. The summed E-state index contributed by atoms with van der Waals surface area (Å²) < 4.78 is 67.6. The Bertz CT molecular complexity index is 763. The van der Waals surface area contributed by atoms with Gasteiger partial charge in [0.05, 0.1) is 17.5 Å². The van der Waals surface area contributed by atoms with E-state index in [2.05, 4.69) is 5.16 Å². The maximum Gasteiger partial charge on any atom is 0.516 e. The number of benzene rings is 1. The normalized spacial score (nSPS) is 18.8. The molecule has 1 aliphatic rings. The van der Waals surface area contributed by atoms with Crippen LogP contribution in [0.1, 0.15) is 31.7 Å². The van der Waals surface area contributed by atoms with Gasteiger partial charge >= 0.3 is 15.5 Å². The van der Waals surface area contributed by atoms with Crippen LogP contribution >= 0.6 is 11.6 Å². The first-order valence-electron chi connectivity index (χ1n) is 7.83. The van der Waals surface area contributed by atoms with Gasteiger partial charge in [-0.15, -0.1) is 0 Å². The first-order chi connectivity index (χ1) is 12.1. The maximum atomic E-state index is 12.6. The molecule has 1 aromatic rings. The molecule has 1 unspecified atom stereocenters. The van der Waals surface area contributed by atoms with E-state index in [1.165, 1.54) is 16.9 Å². The molecule has 0 aliphatic carbocycles. The molecule has 1 heterocycles. The van der Waals surface area contributed by atoms with E-state index in [0.717, 1.165) is 18.9 Å². The number of ether oxygens (including phenoxy) is 1. The van der Waals surface area contributed by atoms with Crippen LogP contribution in [-0.2, 0) is 19.6 Å². The van der Waals surface area contributed by atoms with Crippen LogP contribution in [0, 0.1) is 0 Å². The molecule has 1 saturated heterocycles. The average molecular weight is 415 g/mol. The van der Waals surface area contributed by atoms with Crippen molar-refractivity contribution in [2.24, 2.45) is 5.16 Å². The summed E-state index contributed by atoms with van der Waals surface area (Å²) in [6.07, 6.45) is 1.97. The Labute approximate surface area is 154 Å². The van der Waals surface area contributed by atoms with Crippen LogP contribution in [-0.4, -0.2) is 39.0 Å². The molecule has 1 aliphatic heterocycles. The molecule has 1 fully saturated rings. The van der Waals surface area contributed by atoms with Gasteiger partial charge in [0.25, 0.3) is 0 Å². The van der Waals surface area contributed by atoms with Crippen molar-refractivity contribution >= 4 is 33.0 Å². The summed E-state index contributed by atoms with van der Waals surface area (Å²) in [6, 6.07) is 3.75. The number of hydrogen-bond donors (Lipinski definition) is 1. The molecule has 0 amide bonds. The number of alkyl halides is 3. The number of nitrogens with zero attached hydrogens (tertiary/aromatic N) is 1. The van der Waals surface area contributed by atoms with Gasteiger partial charge in [0.15, 0.2) is 0 Å². The largest absolute Gasteiger partial charge is 0.516 e. The quantitative estimate of drug-likeness (QED) is 0.542. The van der Waals surface area contributed by atoms with E-state index in [1.54, 1.807) is 6.92 Å². The van der Waals surface area contributed by atoms with Gasteiger partial charge in [0.2, 0.25) is 0 Å². The SMILES string of the molecule is CC/C(=N\OCC1CCCO1)c1cc(Cl)ccc1NS(=O)(=O)C(F)(F)F. The summed E-state index contributed by atoms with van der Waals surface area (Å²) in [6.45, 7) is 2.56. The average Bonchev–Trinajstić information content (AvgIpc) is 3.05. The molecule has 146 valence electrons. The number of halogens is 4. The van der Waals surface area contributed by atoms with E-state index in [1.807, 2.05) is 0 Å². The molecule has 1 atom stereocenters. The Morgan fingerprint density at radius 2 is 2.19 bits per heavy atom. The summed E-state index contributed by atoms with van der Waals surface area (Å²) in [5, 5.41) is 4.15. The minimum absolute atomic E-state index is 0.0839. The van der Waals surface area contributed by atoms with Crippen LogP contribution in [0.25, 0.3) is 0 Å². The lowest BCUT2D eigenvalue weighted by Crippen LogP contribution is -2.30. The molecule has 6 nitrogen and oxygen atoms in total. The highest BCUT2D eigenvalue weighted by atomic mass is 35.5. The first kappa shape index (κ1) is 20.8. The molecule has 2 rings (SSSR count).